The van der Waals surface area contributed by atoms with Gasteiger partial charge in [0.25, 0.3) is 11.5 Å². The monoisotopic (exact) mass is 515 g/mol. The van der Waals surface area contributed by atoms with Gasteiger partial charge in [-0.3, -0.25) is 19.0 Å². The Hall–Kier alpha value is -3.91. The molecule has 7 nitrogen and oxygen atoms in total. The van der Waals surface area contributed by atoms with E-state index in [2.05, 4.69) is 5.32 Å². The van der Waals surface area contributed by atoms with Gasteiger partial charge in [0.15, 0.2) is 10.9 Å². The Balaban J connectivity index is 1.79. The molecule has 1 N–H and O–H groups in total. The number of fused-ring (bicyclic) bond motifs is 1. The molecule has 8 heteroatoms. The van der Waals surface area contributed by atoms with Crippen LogP contribution in [0.1, 0.15) is 45.7 Å². The van der Waals surface area contributed by atoms with Crippen LogP contribution in [0.4, 0.5) is 0 Å². The molecule has 0 bridgehead atoms. The minimum atomic E-state index is -0.285. The molecule has 190 valence electrons. The Bertz CT molecular complexity index is 1540. The summed E-state index contributed by atoms with van der Waals surface area (Å²) in [4.78, 5) is 44.0. The molecule has 1 heterocycles. The minimum absolute atomic E-state index is 0.0263. The van der Waals surface area contributed by atoms with Crippen molar-refractivity contribution in [3.05, 3.63) is 93.3 Å². The first kappa shape index (κ1) is 26.2. The van der Waals surface area contributed by atoms with Crippen molar-refractivity contribution in [1.82, 2.24) is 14.9 Å². The summed E-state index contributed by atoms with van der Waals surface area (Å²) in [5, 5.41) is 3.60. The van der Waals surface area contributed by atoms with Gasteiger partial charge in [0, 0.05) is 17.2 Å². The number of aryl methyl sites for hydroxylation is 2. The van der Waals surface area contributed by atoms with Crippen LogP contribution in [0.5, 0.6) is 5.75 Å². The van der Waals surface area contributed by atoms with Gasteiger partial charge in [0.2, 0.25) is 0 Å². The van der Waals surface area contributed by atoms with E-state index in [4.69, 9.17) is 9.72 Å². The number of hydrogen-bond donors (Lipinski definition) is 1. The number of hydrogen-bond acceptors (Lipinski definition) is 6. The molecule has 1 aromatic heterocycles. The summed E-state index contributed by atoms with van der Waals surface area (Å²) >= 11 is 1.19. The van der Waals surface area contributed by atoms with Crippen LogP contribution in [0.2, 0.25) is 0 Å². The highest BCUT2D eigenvalue weighted by molar-refractivity contribution is 7.99. The maximum absolute atomic E-state index is 13.7. The summed E-state index contributed by atoms with van der Waals surface area (Å²) < 4.78 is 6.75. The number of ether oxygens (including phenoxy) is 1. The molecule has 0 saturated heterocycles. The van der Waals surface area contributed by atoms with Crippen LogP contribution < -0.4 is 15.6 Å². The summed E-state index contributed by atoms with van der Waals surface area (Å²) in [5.41, 5.74) is 3.76. The molecule has 0 fully saturated rings. The van der Waals surface area contributed by atoms with Crippen LogP contribution in [0.15, 0.2) is 70.6 Å². The highest BCUT2D eigenvalue weighted by atomic mass is 32.2. The van der Waals surface area contributed by atoms with Crippen molar-refractivity contribution in [1.29, 1.82) is 0 Å². The SMILES string of the molecule is COc1ccc(-n2c(SCC(=O)c3ccc(C)cc3C)nc3cc(C(=O)NC(C)C)ccc3c2=O)cc1. The summed E-state index contributed by atoms with van der Waals surface area (Å²) in [6.45, 7) is 7.66. The number of carbonyl (C=O) groups is 2. The van der Waals surface area contributed by atoms with Crippen molar-refractivity contribution in [3.8, 4) is 11.4 Å². The standard InChI is InChI=1S/C29H29N3O4S/c1-17(2)30-27(34)20-7-13-24-25(15-20)31-29(32(28(24)35)21-8-10-22(36-5)11-9-21)37-16-26(33)23-12-6-18(3)14-19(23)4/h6-15,17H,16H2,1-5H3,(H,30,34). The van der Waals surface area contributed by atoms with Crippen LogP contribution in [0, 0.1) is 13.8 Å². The topological polar surface area (TPSA) is 90.3 Å². The maximum Gasteiger partial charge on any atom is 0.266 e. The lowest BCUT2D eigenvalue weighted by molar-refractivity contribution is 0.0942. The van der Waals surface area contributed by atoms with Crippen molar-refractivity contribution in [2.75, 3.05) is 12.9 Å². The smallest absolute Gasteiger partial charge is 0.266 e. The van der Waals surface area contributed by atoms with Gasteiger partial charge in [0.1, 0.15) is 5.75 Å². The zero-order valence-electron chi connectivity index (χ0n) is 21.5. The summed E-state index contributed by atoms with van der Waals surface area (Å²) in [6, 6.07) is 17.6. The molecule has 4 rings (SSSR count). The second-order valence-electron chi connectivity index (χ2n) is 9.12. The number of carbonyl (C=O) groups excluding carboxylic acids is 2. The molecule has 1 amide bonds. The molecule has 0 saturated carbocycles. The summed E-state index contributed by atoms with van der Waals surface area (Å²) in [6.07, 6.45) is 0. The average Bonchev–Trinajstić information content (AvgIpc) is 2.86. The van der Waals surface area contributed by atoms with Crippen molar-refractivity contribution in [2.45, 2.75) is 38.9 Å². The fourth-order valence-electron chi connectivity index (χ4n) is 4.04. The van der Waals surface area contributed by atoms with Gasteiger partial charge in [-0.15, -0.1) is 0 Å². The zero-order valence-corrected chi connectivity index (χ0v) is 22.3. The molecule has 3 aromatic carbocycles. The molecule has 0 unspecified atom stereocenters. The number of rotatable bonds is 8. The number of Topliss-reactive ketones (excluding diaryl/α,β-unsaturated/α-hetero) is 1. The first-order chi connectivity index (χ1) is 17.7. The van der Waals surface area contributed by atoms with E-state index in [1.807, 2.05) is 45.9 Å². The molecule has 0 radical (unpaired) electrons. The third kappa shape index (κ3) is 5.75. The first-order valence-corrected chi connectivity index (χ1v) is 12.9. The van der Waals surface area contributed by atoms with Crippen LogP contribution in [0.25, 0.3) is 16.6 Å². The molecule has 0 spiro atoms. The first-order valence-electron chi connectivity index (χ1n) is 11.9. The molecule has 0 aliphatic heterocycles. The van der Waals surface area contributed by atoms with Gasteiger partial charge in [0.05, 0.1) is 29.5 Å². The van der Waals surface area contributed by atoms with E-state index in [-0.39, 0.29) is 29.0 Å². The van der Waals surface area contributed by atoms with Gasteiger partial charge in [-0.1, -0.05) is 35.5 Å². The van der Waals surface area contributed by atoms with Gasteiger partial charge in [-0.25, -0.2) is 4.98 Å². The highest BCUT2D eigenvalue weighted by Crippen LogP contribution is 2.25. The second-order valence-corrected chi connectivity index (χ2v) is 10.1. The lowest BCUT2D eigenvalue weighted by Gasteiger charge is -2.15. The predicted octanol–water partition coefficient (Wildman–Crippen LogP) is 5.12. The minimum Gasteiger partial charge on any atom is -0.497 e. The Morgan fingerprint density at radius 3 is 2.41 bits per heavy atom. The number of methoxy groups -OCH3 is 1. The largest absolute Gasteiger partial charge is 0.497 e. The van der Waals surface area contributed by atoms with Crippen molar-refractivity contribution in [3.63, 3.8) is 0 Å². The van der Waals surface area contributed by atoms with E-state index >= 15 is 0 Å². The van der Waals surface area contributed by atoms with E-state index in [0.717, 1.165) is 11.1 Å². The Labute approximate surface area is 219 Å². The van der Waals surface area contributed by atoms with Crippen LogP contribution in [-0.4, -0.2) is 40.1 Å². The number of ketones is 1. The Morgan fingerprint density at radius 1 is 1.03 bits per heavy atom. The second kappa shape index (κ2) is 11.0. The summed E-state index contributed by atoms with van der Waals surface area (Å²) in [5.74, 6) is 0.469. The van der Waals surface area contributed by atoms with E-state index in [9.17, 15) is 14.4 Å². The fraction of sp³-hybridized carbons (Fsp3) is 0.241. The quantitative estimate of drug-likeness (QED) is 0.199. The molecule has 4 aromatic rings. The lowest BCUT2D eigenvalue weighted by atomic mass is 10.0. The third-order valence-corrected chi connectivity index (χ3v) is 6.80. The molecule has 37 heavy (non-hydrogen) atoms. The Kier molecular flexibility index (Phi) is 7.78. The van der Waals surface area contributed by atoms with E-state index in [1.165, 1.54) is 16.3 Å². The van der Waals surface area contributed by atoms with Gasteiger partial charge < -0.3 is 10.1 Å². The fourth-order valence-corrected chi connectivity index (χ4v) is 4.94. The molecular weight excluding hydrogens is 486 g/mol. The normalized spacial score (nSPS) is 11.1. The number of thioether (sulfide) groups is 1. The average molecular weight is 516 g/mol. The van der Waals surface area contributed by atoms with Crippen molar-refractivity contribution >= 4 is 34.4 Å². The number of amides is 1. The molecule has 0 aliphatic carbocycles. The number of benzene rings is 3. The van der Waals surface area contributed by atoms with Gasteiger partial charge in [-0.2, -0.15) is 0 Å². The number of nitrogens with one attached hydrogen (secondary N) is 1. The molecule has 0 aliphatic rings. The Morgan fingerprint density at radius 2 is 1.76 bits per heavy atom. The third-order valence-electron chi connectivity index (χ3n) is 5.87. The van der Waals surface area contributed by atoms with Gasteiger partial charge >= 0.3 is 0 Å². The molecular formula is C29H29N3O4S. The van der Waals surface area contributed by atoms with E-state index in [1.54, 1.807) is 49.6 Å². The van der Waals surface area contributed by atoms with Crippen LogP contribution in [0.3, 0.4) is 0 Å². The lowest BCUT2D eigenvalue weighted by Crippen LogP contribution is -2.30. The molecule has 0 atom stereocenters. The predicted molar refractivity (Wildman–Crippen MR) is 147 cm³/mol. The summed E-state index contributed by atoms with van der Waals surface area (Å²) in [7, 11) is 1.58. The van der Waals surface area contributed by atoms with Crippen molar-refractivity contribution < 1.29 is 14.3 Å². The maximum atomic E-state index is 13.7. The van der Waals surface area contributed by atoms with E-state index < -0.39 is 0 Å². The van der Waals surface area contributed by atoms with Crippen molar-refractivity contribution in [2.24, 2.45) is 0 Å². The highest BCUT2D eigenvalue weighted by Gasteiger charge is 2.18. The van der Waals surface area contributed by atoms with E-state index in [0.29, 0.717) is 38.6 Å². The number of nitrogens with zero attached hydrogens (tertiary/aromatic N) is 2. The van der Waals surface area contributed by atoms with Crippen LogP contribution >= 0.6 is 11.8 Å². The number of aromatic nitrogens is 2. The van der Waals surface area contributed by atoms with Gasteiger partial charge in [-0.05, 0) is 75.7 Å². The zero-order chi connectivity index (χ0) is 26.7. The van der Waals surface area contributed by atoms with Crippen LogP contribution in [-0.2, 0) is 0 Å².